The van der Waals surface area contributed by atoms with Crippen molar-refractivity contribution < 1.29 is 14.4 Å². The summed E-state index contributed by atoms with van der Waals surface area (Å²) in [4.78, 5) is 37.6. The molecule has 104 valence electrons. The molecule has 3 rings (SSSR count). The van der Waals surface area contributed by atoms with Crippen LogP contribution in [0.15, 0.2) is 18.2 Å². The molecular weight excluding hydrogens is 258 g/mol. The molecule has 1 aromatic rings. The van der Waals surface area contributed by atoms with Crippen LogP contribution in [0.3, 0.4) is 0 Å². The Morgan fingerprint density at radius 3 is 2.55 bits per heavy atom. The fourth-order valence-corrected chi connectivity index (χ4v) is 2.94. The molecule has 0 bridgehead atoms. The minimum Gasteiger partial charge on any atom is -0.398 e. The van der Waals surface area contributed by atoms with Crippen LogP contribution in [0.5, 0.6) is 0 Å². The van der Waals surface area contributed by atoms with Crippen LogP contribution >= 0.6 is 0 Å². The van der Waals surface area contributed by atoms with E-state index in [2.05, 4.69) is 0 Å². The van der Waals surface area contributed by atoms with E-state index in [0.29, 0.717) is 12.8 Å². The van der Waals surface area contributed by atoms with Crippen molar-refractivity contribution in [2.45, 2.75) is 25.3 Å². The third kappa shape index (κ3) is 1.72. The van der Waals surface area contributed by atoms with Gasteiger partial charge in [-0.05, 0) is 31.4 Å². The molecule has 0 radical (unpaired) electrons. The quantitative estimate of drug-likeness (QED) is 0.573. The van der Waals surface area contributed by atoms with Crippen LogP contribution in [-0.4, -0.2) is 28.7 Å². The lowest BCUT2D eigenvalue weighted by atomic mass is 10.1. The summed E-state index contributed by atoms with van der Waals surface area (Å²) >= 11 is 0. The molecule has 2 unspecified atom stereocenters. The number of nitrogen functional groups attached to an aromatic ring is 1. The molecular formula is C14H15N3O3. The van der Waals surface area contributed by atoms with Crippen molar-refractivity contribution in [3.63, 3.8) is 0 Å². The van der Waals surface area contributed by atoms with Crippen LogP contribution in [0, 0.1) is 5.92 Å². The van der Waals surface area contributed by atoms with Gasteiger partial charge in [-0.2, -0.15) is 0 Å². The molecule has 1 heterocycles. The molecule has 1 fully saturated rings. The second-order valence-electron chi connectivity index (χ2n) is 5.32. The highest BCUT2D eigenvalue weighted by molar-refractivity contribution is 6.30. The number of imide groups is 3. The van der Waals surface area contributed by atoms with Gasteiger partial charge in [0.15, 0.2) is 0 Å². The monoisotopic (exact) mass is 273 g/mol. The average Bonchev–Trinajstić information content (AvgIpc) is 2.94. The van der Waals surface area contributed by atoms with Gasteiger partial charge in [-0.3, -0.25) is 14.4 Å². The molecule has 20 heavy (non-hydrogen) atoms. The number of carbonyl (C=O) groups is 3. The van der Waals surface area contributed by atoms with E-state index in [1.54, 1.807) is 12.1 Å². The summed E-state index contributed by atoms with van der Waals surface area (Å²) in [6.07, 6.45) is 1.87. The molecule has 2 aliphatic rings. The molecule has 6 heteroatoms. The number of hydrogen-bond donors (Lipinski definition) is 2. The van der Waals surface area contributed by atoms with E-state index in [1.807, 2.05) is 0 Å². The maximum Gasteiger partial charge on any atom is 0.270 e. The first kappa shape index (κ1) is 12.8. The lowest BCUT2D eigenvalue weighted by Gasteiger charge is -2.16. The van der Waals surface area contributed by atoms with Crippen molar-refractivity contribution in [2.24, 2.45) is 11.7 Å². The Hall–Kier alpha value is -2.21. The molecule has 2 atom stereocenters. The SMILES string of the molecule is Nc1cccc2c1C(=O)N(C(=O)C1CCC(N)C1)C2=O. The predicted molar refractivity (Wildman–Crippen MR) is 71.7 cm³/mol. The third-order valence-electron chi connectivity index (χ3n) is 3.99. The molecule has 1 aliphatic carbocycles. The van der Waals surface area contributed by atoms with E-state index >= 15 is 0 Å². The Labute approximate surface area is 115 Å². The van der Waals surface area contributed by atoms with Gasteiger partial charge in [0.25, 0.3) is 11.8 Å². The van der Waals surface area contributed by atoms with Crippen LogP contribution in [0.1, 0.15) is 40.0 Å². The van der Waals surface area contributed by atoms with Gasteiger partial charge in [0.05, 0.1) is 11.1 Å². The number of rotatable bonds is 1. The van der Waals surface area contributed by atoms with Gasteiger partial charge in [-0.25, -0.2) is 4.90 Å². The minimum atomic E-state index is -0.617. The van der Waals surface area contributed by atoms with Gasteiger partial charge < -0.3 is 11.5 Å². The maximum atomic E-state index is 12.4. The zero-order valence-electron chi connectivity index (χ0n) is 10.8. The topological polar surface area (TPSA) is 106 Å². The van der Waals surface area contributed by atoms with Gasteiger partial charge in [-0.15, -0.1) is 0 Å². The summed E-state index contributed by atoms with van der Waals surface area (Å²) in [5, 5.41) is 0. The average molecular weight is 273 g/mol. The Kier molecular flexibility index (Phi) is 2.83. The second-order valence-corrected chi connectivity index (χ2v) is 5.32. The number of nitrogens with two attached hydrogens (primary N) is 2. The Balaban J connectivity index is 1.94. The van der Waals surface area contributed by atoms with E-state index in [-0.39, 0.29) is 28.8 Å². The highest BCUT2D eigenvalue weighted by Crippen LogP contribution is 2.32. The van der Waals surface area contributed by atoms with Crippen LogP contribution in [0.2, 0.25) is 0 Å². The van der Waals surface area contributed by atoms with Gasteiger partial charge in [0.1, 0.15) is 0 Å². The summed E-state index contributed by atoms with van der Waals surface area (Å²) in [7, 11) is 0. The molecule has 0 spiro atoms. The van der Waals surface area contributed by atoms with E-state index in [1.165, 1.54) is 6.07 Å². The minimum absolute atomic E-state index is 0.0378. The van der Waals surface area contributed by atoms with Gasteiger partial charge in [-0.1, -0.05) is 6.07 Å². The summed E-state index contributed by atoms with van der Waals surface area (Å²) in [5.74, 6) is -2.01. The number of nitrogens with zero attached hydrogens (tertiary/aromatic N) is 1. The van der Waals surface area contributed by atoms with Gasteiger partial charge in [0.2, 0.25) is 5.91 Å². The van der Waals surface area contributed by atoms with E-state index in [0.717, 1.165) is 11.3 Å². The van der Waals surface area contributed by atoms with E-state index < -0.39 is 17.7 Å². The first-order chi connectivity index (χ1) is 9.50. The Bertz CT molecular complexity index is 626. The number of benzene rings is 1. The van der Waals surface area contributed by atoms with Crippen molar-refractivity contribution in [1.82, 2.24) is 4.90 Å². The number of fused-ring (bicyclic) bond motifs is 1. The molecule has 4 N–H and O–H groups in total. The lowest BCUT2D eigenvalue weighted by Crippen LogP contribution is -2.40. The molecule has 1 aromatic carbocycles. The van der Waals surface area contributed by atoms with Gasteiger partial charge >= 0.3 is 0 Å². The van der Waals surface area contributed by atoms with Crippen molar-refractivity contribution in [2.75, 3.05) is 5.73 Å². The molecule has 1 aliphatic heterocycles. The molecule has 0 aromatic heterocycles. The first-order valence-corrected chi connectivity index (χ1v) is 6.57. The standard InChI is InChI=1S/C14H15N3O3/c15-8-5-4-7(6-8)12(18)17-13(19)9-2-1-3-10(16)11(9)14(17)20/h1-3,7-8H,4-6,15-16H2. The maximum absolute atomic E-state index is 12.4. The largest absolute Gasteiger partial charge is 0.398 e. The van der Waals surface area contributed by atoms with Crippen LogP contribution < -0.4 is 11.5 Å². The van der Waals surface area contributed by atoms with Crippen molar-refractivity contribution >= 4 is 23.4 Å². The third-order valence-corrected chi connectivity index (χ3v) is 3.99. The zero-order valence-corrected chi connectivity index (χ0v) is 10.8. The van der Waals surface area contributed by atoms with E-state index in [9.17, 15) is 14.4 Å². The Morgan fingerprint density at radius 2 is 1.95 bits per heavy atom. The van der Waals surface area contributed by atoms with Crippen LogP contribution in [0.25, 0.3) is 0 Å². The molecule has 6 nitrogen and oxygen atoms in total. The van der Waals surface area contributed by atoms with Crippen molar-refractivity contribution in [3.05, 3.63) is 29.3 Å². The smallest absolute Gasteiger partial charge is 0.270 e. The van der Waals surface area contributed by atoms with Gasteiger partial charge in [0, 0.05) is 17.6 Å². The van der Waals surface area contributed by atoms with Crippen molar-refractivity contribution in [1.29, 1.82) is 0 Å². The van der Waals surface area contributed by atoms with Crippen molar-refractivity contribution in [3.8, 4) is 0 Å². The lowest BCUT2D eigenvalue weighted by molar-refractivity contribution is -0.130. The predicted octanol–water partition coefficient (Wildman–Crippen LogP) is 0.519. The fourth-order valence-electron chi connectivity index (χ4n) is 2.94. The highest BCUT2D eigenvalue weighted by Gasteiger charge is 2.44. The normalized spacial score (nSPS) is 25.1. The summed E-state index contributed by atoms with van der Waals surface area (Å²) < 4.78 is 0. The highest BCUT2D eigenvalue weighted by atomic mass is 16.2. The molecule has 3 amide bonds. The molecule has 0 saturated heterocycles. The number of hydrogen-bond acceptors (Lipinski definition) is 5. The Morgan fingerprint density at radius 1 is 1.20 bits per heavy atom. The van der Waals surface area contributed by atoms with E-state index in [4.69, 9.17) is 11.5 Å². The summed E-state index contributed by atoms with van der Waals surface area (Å²) in [6, 6.07) is 4.62. The molecule has 1 saturated carbocycles. The number of carbonyl (C=O) groups excluding carboxylic acids is 3. The summed E-state index contributed by atoms with van der Waals surface area (Å²) in [5.41, 5.74) is 12.1. The zero-order chi connectivity index (χ0) is 14.4. The fraction of sp³-hybridized carbons (Fsp3) is 0.357. The summed E-state index contributed by atoms with van der Waals surface area (Å²) in [6.45, 7) is 0. The number of amides is 3. The van der Waals surface area contributed by atoms with Crippen LogP contribution in [-0.2, 0) is 4.79 Å². The van der Waals surface area contributed by atoms with Crippen LogP contribution in [0.4, 0.5) is 5.69 Å². The number of anilines is 1. The second kappa shape index (κ2) is 4.42. The first-order valence-electron chi connectivity index (χ1n) is 6.57.